The highest BCUT2D eigenvalue weighted by Gasteiger charge is 2.17. The van der Waals surface area contributed by atoms with Gasteiger partial charge in [-0.1, -0.05) is 31.2 Å². The molecule has 3 nitrogen and oxygen atoms in total. The molecule has 98 valence electrons. The van der Waals surface area contributed by atoms with E-state index in [4.69, 9.17) is 9.84 Å². The van der Waals surface area contributed by atoms with Crippen LogP contribution in [0.1, 0.15) is 22.8 Å². The molecule has 0 bridgehead atoms. The van der Waals surface area contributed by atoms with E-state index in [0.29, 0.717) is 5.75 Å². The fraction of sp³-hybridized carbons (Fsp3) is 0.133. The second-order valence-electron chi connectivity index (χ2n) is 3.98. The zero-order chi connectivity index (χ0) is 13.8. The Morgan fingerprint density at radius 2 is 1.84 bits per heavy atom. The molecule has 0 radical (unpaired) electrons. The van der Waals surface area contributed by atoms with Gasteiger partial charge < -0.3 is 9.84 Å². The molecule has 19 heavy (non-hydrogen) atoms. The Morgan fingerprint density at radius 1 is 1.16 bits per heavy atom. The van der Waals surface area contributed by atoms with Crippen molar-refractivity contribution in [2.45, 2.75) is 13.3 Å². The summed E-state index contributed by atoms with van der Waals surface area (Å²) in [6.45, 7) is 1.96. The maximum absolute atomic E-state index is 13.5. The molecule has 0 saturated carbocycles. The van der Waals surface area contributed by atoms with E-state index in [1.165, 1.54) is 12.1 Å². The molecule has 2 rings (SSSR count). The fourth-order valence-electron chi connectivity index (χ4n) is 1.81. The molecule has 0 aromatic heterocycles. The third-order valence-corrected chi connectivity index (χ3v) is 2.76. The number of para-hydroxylation sites is 1. The first-order chi connectivity index (χ1) is 9.13. The van der Waals surface area contributed by atoms with Crippen LogP contribution in [0.2, 0.25) is 0 Å². The minimum Gasteiger partial charge on any atom is -0.477 e. The van der Waals surface area contributed by atoms with E-state index >= 15 is 0 Å². The van der Waals surface area contributed by atoms with Crippen LogP contribution in [0, 0.1) is 5.82 Å². The molecule has 0 saturated heterocycles. The van der Waals surface area contributed by atoms with Gasteiger partial charge in [0, 0.05) is 0 Å². The molecule has 0 aliphatic heterocycles. The Balaban J connectivity index is 2.44. The first-order valence-corrected chi connectivity index (χ1v) is 5.91. The average molecular weight is 260 g/mol. The number of carboxylic acid groups (broad SMARTS) is 1. The van der Waals surface area contributed by atoms with Crippen LogP contribution in [-0.4, -0.2) is 11.1 Å². The highest BCUT2D eigenvalue weighted by Crippen LogP contribution is 2.29. The van der Waals surface area contributed by atoms with Gasteiger partial charge in [-0.25, -0.2) is 9.18 Å². The van der Waals surface area contributed by atoms with Gasteiger partial charge in [0.15, 0.2) is 0 Å². The number of benzene rings is 2. The molecular weight excluding hydrogens is 247 g/mol. The molecule has 0 heterocycles. The average Bonchev–Trinajstić information content (AvgIpc) is 2.39. The lowest BCUT2D eigenvalue weighted by molar-refractivity contribution is 0.0689. The van der Waals surface area contributed by atoms with Crippen molar-refractivity contribution in [3.05, 3.63) is 59.4 Å². The molecular formula is C15H13FO3. The standard InChI is InChI=1S/C15H13FO3/c1-2-10-6-3-4-8-12(10)19-13-9-5-7-11(16)14(13)15(17)18/h3-9H,2H2,1H3,(H,17,18). The minimum absolute atomic E-state index is 0.00778. The summed E-state index contributed by atoms with van der Waals surface area (Å²) >= 11 is 0. The highest BCUT2D eigenvalue weighted by atomic mass is 19.1. The van der Waals surface area contributed by atoms with Crippen LogP contribution in [0.3, 0.4) is 0 Å². The molecule has 4 heteroatoms. The molecule has 0 fully saturated rings. The number of aryl methyl sites for hydroxylation is 1. The Hall–Kier alpha value is -2.36. The number of ether oxygens (including phenoxy) is 1. The SMILES string of the molecule is CCc1ccccc1Oc1cccc(F)c1C(=O)O. The second-order valence-corrected chi connectivity index (χ2v) is 3.98. The van der Waals surface area contributed by atoms with E-state index in [9.17, 15) is 9.18 Å². The van der Waals surface area contributed by atoms with Crippen LogP contribution in [-0.2, 0) is 6.42 Å². The second kappa shape index (κ2) is 5.52. The lowest BCUT2D eigenvalue weighted by Crippen LogP contribution is -2.04. The Labute approximate surface area is 110 Å². The summed E-state index contributed by atoms with van der Waals surface area (Å²) in [5.74, 6) is -1.60. The topological polar surface area (TPSA) is 46.5 Å². The van der Waals surface area contributed by atoms with Gasteiger partial charge in [-0.05, 0) is 30.2 Å². The van der Waals surface area contributed by atoms with Gasteiger partial charge in [0.25, 0.3) is 0 Å². The maximum Gasteiger partial charge on any atom is 0.342 e. The molecule has 0 aliphatic rings. The number of halogens is 1. The lowest BCUT2D eigenvalue weighted by Gasteiger charge is -2.12. The van der Waals surface area contributed by atoms with E-state index < -0.39 is 17.3 Å². The Morgan fingerprint density at radius 3 is 2.53 bits per heavy atom. The number of carbonyl (C=O) groups is 1. The van der Waals surface area contributed by atoms with Gasteiger partial charge in [0.1, 0.15) is 22.9 Å². The van der Waals surface area contributed by atoms with E-state index in [-0.39, 0.29) is 5.75 Å². The Kier molecular flexibility index (Phi) is 3.80. The van der Waals surface area contributed by atoms with Crippen molar-refractivity contribution in [2.24, 2.45) is 0 Å². The maximum atomic E-state index is 13.5. The monoisotopic (exact) mass is 260 g/mol. The number of hydrogen-bond donors (Lipinski definition) is 1. The summed E-state index contributed by atoms with van der Waals surface area (Å²) in [7, 11) is 0. The molecule has 0 unspecified atom stereocenters. The predicted molar refractivity (Wildman–Crippen MR) is 69.3 cm³/mol. The van der Waals surface area contributed by atoms with Crippen LogP contribution < -0.4 is 4.74 Å². The molecule has 1 N–H and O–H groups in total. The van der Waals surface area contributed by atoms with Gasteiger partial charge in [-0.15, -0.1) is 0 Å². The predicted octanol–water partition coefficient (Wildman–Crippen LogP) is 3.88. The normalized spacial score (nSPS) is 10.2. The summed E-state index contributed by atoms with van der Waals surface area (Å²) in [5, 5.41) is 9.03. The van der Waals surface area contributed by atoms with Crippen LogP contribution in [0.5, 0.6) is 11.5 Å². The van der Waals surface area contributed by atoms with Crippen molar-refractivity contribution >= 4 is 5.97 Å². The van der Waals surface area contributed by atoms with Gasteiger partial charge in [0.2, 0.25) is 0 Å². The largest absolute Gasteiger partial charge is 0.477 e. The van der Waals surface area contributed by atoms with Crippen molar-refractivity contribution < 1.29 is 19.0 Å². The van der Waals surface area contributed by atoms with E-state index in [0.717, 1.165) is 18.1 Å². The molecule has 0 amide bonds. The van der Waals surface area contributed by atoms with Crippen LogP contribution >= 0.6 is 0 Å². The van der Waals surface area contributed by atoms with Gasteiger partial charge in [-0.2, -0.15) is 0 Å². The summed E-state index contributed by atoms with van der Waals surface area (Å²) in [6.07, 6.45) is 0.744. The Bertz CT molecular complexity index is 608. The third kappa shape index (κ3) is 2.73. The van der Waals surface area contributed by atoms with E-state index in [2.05, 4.69) is 0 Å². The first kappa shape index (κ1) is 13.1. The molecule has 0 spiro atoms. The van der Waals surface area contributed by atoms with Gasteiger partial charge in [-0.3, -0.25) is 0 Å². The van der Waals surface area contributed by atoms with Crippen molar-refractivity contribution in [3.63, 3.8) is 0 Å². The van der Waals surface area contributed by atoms with Crippen LogP contribution in [0.4, 0.5) is 4.39 Å². The van der Waals surface area contributed by atoms with Gasteiger partial charge >= 0.3 is 5.97 Å². The zero-order valence-electron chi connectivity index (χ0n) is 10.4. The summed E-state index contributed by atoms with van der Waals surface area (Å²) < 4.78 is 19.1. The molecule has 0 aliphatic carbocycles. The third-order valence-electron chi connectivity index (χ3n) is 2.76. The van der Waals surface area contributed by atoms with Crippen molar-refractivity contribution in [2.75, 3.05) is 0 Å². The minimum atomic E-state index is -1.35. The molecule has 2 aromatic carbocycles. The fourth-order valence-corrected chi connectivity index (χ4v) is 1.81. The number of rotatable bonds is 4. The zero-order valence-corrected chi connectivity index (χ0v) is 10.4. The highest BCUT2D eigenvalue weighted by molar-refractivity contribution is 5.91. The van der Waals surface area contributed by atoms with Crippen molar-refractivity contribution in [1.82, 2.24) is 0 Å². The van der Waals surface area contributed by atoms with E-state index in [1.54, 1.807) is 12.1 Å². The van der Waals surface area contributed by atoms with Crippen LogP contribution in [0.15, 0.2) is 42.5 Å². The van der Waals surface area contributed by atoms with Crippen molar-refractivity contribution in [1.29, 1.82) is 0 Å². The summed E-state index contributed by atoms with van der Waals surface area (Å²) in [4.78, 5) is 11.1. The molecule has 2 aromatic rings. The molecule has 0 atom stereocenters. The van der Waals surface area contributed by atoms with Crippen LogP contribution in [0.25, 0.3) is 0 Å². The quantitative estimate of drug-likeness (QED) is 0.907. The van der Waals surface area contributed by atoms with E-state index in [1.807, 2.05) is 19.1 Å². The smallest absolute Gasteiger partial charge is 0.342 e. The summed E-state index contributed by atoms with van der Waals surface area (Å²) in [5.41, 5.74) is 0.483. The van der Waals surface area contributed by atoms with Crippen molar-refractivity contribution in [3.8, 4) is 11.5 Å². The van der Waals surface area contributed by atoms with Gasteiger partial charge in [0.05, 0.1) is 0 Å². The number of aromatic carboxylic acids is 1. The first-order valence-electron chi connectivity index (χ1n) is 5.91. The summed E-state index contributed by atoms with van der Waals surface area (Å²) in [6, 6.07) is 11.2. The number of hydrogen-bond acceptors (Lipinski definition) is 2. The lowest BCUT2D eigenvalue weighted by atomic mass is 10.1. The number of carboxylic acids is 1.